The molecule has 2 fully saturated rings. The van der Waals surface area contributed by atoms with Crippen LogP contribution in [0.3, 0.4) is 0 Å². The van der Waals surface area contributed by atoms with Crippen LogP contribution in [-0.2, 0) is 28.6 Å². The minimum atomic E-state index is -4.89. The van der Waals surface area contributed by atoms with E-state index >= 15 is 0 Å². The van der Waals surface area contributed by atoms with E-state index in [0.717, 1.165) is 46.9 Å². The molecule has 2 saturated carbocycles. The maximum absolute atomic E-state index is 13.9. The lowest BCUT2D eigenvalue weighted by Gasteiger charge is -2.55. The molecular weight excluding hydrogens is 628 g/mol. The van der Waals surface area contributed by atoms with Crippen LogP contribution < -0.4 is 10.0 Å². The van der Waals surface area contributed by atoms with Crippen molar-refractivity contribution in [3.05, 3.63) is 106 Å². The number of hydrogen-bond donors (Lipinski definition) is 0. The molecule has 46 heavy (non-hydrogen) atoms. The molecule has 2 aliphatic rings. The number of fused-ring (bicyclic) bond motifs is 2. The third-order valence-electron chi connectivity index (χ3n) is 8.35. The predicted molar refractivity (Wildman–Crippen MR) is 149 cm³/mol. The van der Waals surface area contributed by atoms with Crippen molar-refractivity contribution in [3.63, 3.8) is 0 Å². The first-order valence-corrected chi connectivity index (χ1v) is 14.3. The molecule has 0 radical (unpaired) electrons. The number of hydrogen-bond acceptors (Lipinski definition) is 3. The van der Waals surface area contributed by atoms with Crippen molar-refractivity contribution in [1.82, 2.24) is 0 Å². The lowest BCUT2D eigenvalue weighted by Crippen LogP contribution is -2.61. The quantitative estimate of drug-likeness (QED) is 0.181. The summed E-state index contributed by atoms with van der Waals surface area (Å²) in [6, 6.07) is 11.4. The summed E-state index contributed by atoms with van der Waals surface area (Å²) < 4.78 is 131. The highest BCUT2D eigenvalue weighted by Crippen LogP contribution is 2.70. The van der Waals surface area contributed by atoms with Gasteiger partial charge in [-0.05, 0) is 60.1 Å². The van der Waals surface area contributed by atoms with Crippen molar-refractivity contribution in [1.29, 1.82) is 0 Å². The molecule has 0 aliphatic heterocycles. The summed E-state index contributed by atoms with van der Waals surface area (Å²) >= 11 is 0. The summed E-state index contributed by atoms with van der Waals surface area (Å²) in [7, 11) is 5.53. The maximum atomic E-state index is 13.9. The third kappa shape index (κ3) is 7.09. The SMILES string of the molecule is C[N+](C)(C)C.[O-]B([O-])OC12CCC(C1)C(c1cccc(C(F)(F)F)c1)C2(c1cccc(C(F)(F)F)c1)c1cccc(C(F)(F)F)c1. The molecule has 4 nitrogen and oxygen atoms in total. The molecule has 0 N–H and O–H groups in total. The Kier molecular flexibility index (Phi) is 9.48. The van der Waals surface area contributed by atoms with Crippen molar-refractivity contribution in [2.45, 2.75) is 54.7 Å². The van der Waals surface area contributed by atoms with Gasteiger partial charge in [-0.3, -0.25) is 0 Å². The number of halogens is 9. The van der Waals surface area contributed by atoms with Gasteiger partial charge < -0.3 is 19.2 Å². The molecule has 5 rings (SSSR count). The first-order chi connectivity index (χ1) is 21.0. The van der Waals surface area contributed by atoms with Crippen molar-refractivity contribution in [3.8, 4) is 0 Å². The number of rotatable bonds is 5. The fourth-order valence-electron chi connectivity index (χ4n) is 7.07. The molecule has 3 aromatic carbocycles. The fourth-order valence-corrected chi connectivity index (χ4v) is 7.07. The van der Waals surface area contributed by atoms with Crippen molar-refractivity contribution in [2.75, 3.05) is 28.2 Å². The van der Waals surface area contributed by atoms with Gasteiger partial charge in [0.15, 0.2) is 0 Å². The number of benzene rings is 3. The smallest absolute Gasteiger partial charge is 0.416 e. The fraction of sp³-hybridized carbons (Fsp3) is 0.438. The second-order valence-electron chi connectivity index (χ2n) is 13.2. The average Bonchev–Trinajstić information content (AvgIpc) is 3.45. The van der Waals surface area contributed by atoms with Gasteiger partial charge in [0, 0.05) is 5.92 Å². The van der Waals surface area contributed by atoms with Crippen LogP contribution in [-0.4, -0.2) is 45.6 Å². The Bertz CT molecular complexity index is 1470. The van der Waals surface area contributed by atoms with Crippen LogP contribution in [0.2, 0.25) is 0 Å². The minimum Gasteiger partial charge on any atom is -0.871 e. The van der Waals surface area contributed by atoms with Crippen LogP contribution in [0.4, 0.5) is 39.5 Å². The van der Waals surface area contributed by atoms with Crippen LogP contribution in [0.5, 0.6) is 0 Å². The zero-order valence-corrected chi connectivity index (χ0v) is 25.4. The zero-order valence-electron chi connectivity index (χ0n) is 25.4. The Hall–Kier alpha value is -3.07. The van der Waals surface area contributed by atoms with Crippen LogP contribution >= 0.6 is 0 Å². The maximum Gasteiger partial charge on any atom is 0.416 e. The van der Waals surface area contributed by atoms with Crippen LogP contribution in [0.15, 0.2) is 72.8 Å². The zero-order chi connectivity index (χ0) is 34.5. The number of alkyl halides is 9. The van der Waals surface area contributed by atoms with Gasteiger partial charge in [-0.1, -0.05) is 54.6 Å². The molecule has 0 aromatic heterocycles. The second kappa shape index (κ2) is 12.2. The van der Waals surface area contributed by atoms with Gasteiger partial charge in [0.1, 0.15) is 0 Å². The van der Waals surface area contributed by atoms with E-state index in [4.69, 9.17) is 4.65 Å². The molecule has 0 amide bonds. The Balaban J connectivity index is 0.000000892. The van der Waals surface area contributed by atoms with E-state index in [-0.39, 0.29) is 36.0 Å². The van der Waals surface area contributed by atoms with E-state index < -0.39 is 65.4 Å². The normalized spacial score (nSPS) is 22.8. The van der Waals surface area contributed by atoms with Gasteiger partial charge in [-0.2, -0.15) is 39.5 Å². The Morgan fingerprint density at radius 1 is 0.696 bits per heavy atom. The van der Waals surface area contributed by atoms with Crippen molar-refractivity contribution in [2.24, 2.45) is 5.92 Å². The number of nitrogens with zero attached hydrogens (tertiary/aromatic N) is 1. The molecule has 3 aromatic rings. The van der Waals surface area contributed by atoms with E-state index in [9.17, 15) is 49.6 Å². The number of quaternary nitrogens is 1. The highest BCUT2D eigenvalue weighted by molar-refractivity contribution is 6.28. The molecular formula is C32H32BF9NO3-. The van der Waals surface area contributed by atoms with E-state index in [2.05, 4.69) is 28.2 Å². The monoisotopic (exact) mass is 660 g/mol. The molecule has 3 atom stereocenters. The van der Waals surface area contributed by atoms with Gasteiger partial charge >= 0.3 is 18.5 Å². The lowest BCUT2D eigenvalue weighted by molar-refractivity contribution is -0.849. The second-order valence-corrected chi connectivity index (χ2v) is 13.2. The van der Waals surface area contributed by atoms with Crippen molar-refractivity contribution >= 4 is 7.32 Å². The Labute approximate surface area is 261 Å². The first-order valence-electron chi connectivity index (χ1n) is 14.3. The summed E-state index contributed by atoms with van der Waals surface area (Å²) in [6.45, 7) is 0. The van der Waals surface area contributed by atoms with Crippen LogP contribution in [0, 0.1) is 5.92 Å². The average molecular weight is 660 g/mol. The third-order valence-corrected chi connectivity index (χ3v) is 8.35. The van der Waals surface area contributed by atoms with Gasteiger partial charge in [0.05, 0.1) is 63.2 Å². The predicted octanol–water partition coefficient (Wildman–Crippen LogP) is 6.41. The summed E-state index contributed by atoms with van der Waals surface area (Å²) in [6.07, 6.45) is -14.6. The summed E-state index contributed by atoms with van der Waals surface area (Å²) in [4.78, 5) is 0. The van der Waals surface area contributed by atoms with E-state index in [0.29, 0.717) is 12.1 Å². The minimum absolute atomic E-state index is 0.0156. The Morgan fingerprint density at radius 2 is 1.11 bits per heavy atom. The van der Waals surface area contributed by atoms with Gasteiger partial charge in [-0.25, -0.2) is 0 Å². The summed E-state index contributed by atoms with van der Waals surface area (Å²) in [5.74, 6) is -1.81. The van der Waals surface area contributed by atoms with E-state index in [1.807, 2.05) is 0 Å². The topological polar surface area (TPSA) is 55.3 Å². The largest absolute Gasteiger partial charge is 0.871 e. The summed E-state index contributed by atoms with van der Waals surface area (Å²) in [5, 5.41) is 24.0. The van der Waals surface area contributed by atoms with Crippen molar-refractivity contribution < 1.29 is 58.7 Å². The molecule has 0 saturated heterocycles. The molecule has 3 unspecified atom stereocenters. The molecule has 2 aliphatic carbocycles. The van der Waals surface area contributed by atoms with Crippen LogP contribution in [0.25, 0.3) is 0 Å². The van der Waals surface area contributed by atoms with Gasteiger partial charge in [0.2, 0.25) is 0 Å². The molecule has 0 heterocycles. The molecule has 2 bridgehead atoms. The molecule has 250 valence electrons. The molecule has 0 spiro atoms. The summed E-state index contributed by atoms with van der Waals surface area (Å²) in [5.41, 5.74) is -7.83. The standard InChI is InChI=1S/C28H20BF9O3.C4H12N/c30-26(31,32)20-7-1-4-16(12-20)23-17-10-11-24(15-17,41-29(39)40)25(23,18-5-2-8-21(13-18)27(33,34)35)19-6-3-9-22(14-19)28(36,37)38;1-5(2,3)4/h1-9,12-14,17,23H,10-11,15H2;1-4H3/q-2;+1. The lowest BCUT2D eigenvalue weighted by atomic mass is 9.54. The van der Waals surface area contributed by atoms with E-state index in [1.54, 1.807) is 0 Å². The van der Waals surface area contributed by atoms with Gasteiger partial charge in [-0.15, -0.1) is 0 Å². The highest BCUT2D eigenvalue weighted by Gasteiger charge is 2.69. The Morgan fingerprint density at radius 3 is 1.52 bits per heavy atom. The van der Waals surface area contributed by atoms with Gasteiger partial charge in [0.25, 0.3) is 0 Å². The highest BCUT2D eigenvalue weighted by atomic mass is 19.4. The van der Waals surface area contributed by atoms with E-state index in [1.165, 1.54) is 18.2 Å². The van der Waals surface area contributed by atoms with Crippen LogP contribution in [0.1, 0.15) is 58.6 Å². The first kappa shape index (κ1) is 35.8. The molecule has 14 heteroatoms.